The van der Waals surface area contributed by atoms with Crippen molar-refractivity contribution in [2.24, 2.45) is 0 Å². The van der Waals surface area contributed by atoms with Crippen LogP contribution in [0.5, 0.6) is 0 Å². The van der Waals surface area contributed by atoms with E-state index in [-0.39, 0.29) is 11.7 Å². The van der Waals surface area contributed by atoms with Crippen molar-refractivity contribution in [1.82, 2.24) is 9.55 Å². The normalized spacial score (nSPS) is 13.8. The minimum absolute atomic E-state index is 0.253. The number of amides is 1. The van der Waals surface area contributed by atoms with Crippen molar-refractivity contribution in [2.45, 2.75) is 26.7 Å². The molecular formula is C22H23FN4O. The van der Waals surface area contributed by atoms with E-state index in [0.29, 0.717) is 22.8 Å². The van der Waals surface area contributed by atoms with Gasteiger partial charge in [-0.1, -0.05) is 12.1 Å². The van der Waals surface area contributed by atoms with Gasteiger partial charge in [-0.2, -0.15) is 0 Å². The largest absolute Gasteiger partial charge is 0.370 e. The number of benzene rings is 1. The summed E-state index contributed by atoms with van der Waals surface area (Å²) in [6.07, 6.45) is 4.20. The maximum atomic E-state index is 14.2. The predicted molar refractivity (Wildman–Crippen MR) is 109 cm³/mol. The molecule has 144 valence electrons. The van der Waals surface area contributed by atoms with Crippen LogP contribution in [0.2, 0.25) is 0 Å². The molecule has 2 aromatic heterocycles. The summed E-state index contributed by atoms with van der Waals surface area (Å²) < 4.78 is 16.0. The van der Waals surface area contributed by atoms with Crippen LogP contribution in [0.15, 0.2) is 48.7 Å². The highest BCUT2D eigenvalue weighted by Gasteiger charge is 2.19. The second-order valence-corrected chi connectivity index (χ2v) is 7.12. The van der Waals surface area contributed by atoms with E-state index in [9.17, 15) is 9.18 Å². The minimum atomic E-state index is -0.324. The standard InChI is InChI=1S/C22H23FN4O/c1-15-13-18(16(2)27(15)20-8-4-3-7-19(20)23)22(28)25-21-10-9-17(14-24-21)26-11-5-6-12-26/h3-4,7-10,13-14H,5-6,11-12H2,1-2H3,(H,24,25,28). The van der Waals surface area contributed by atoms with Crippen LogP contribution in [0.1, 0.15) is 34.6 Å². The first-order valence-corrected chi connectivity index (χ1v) is 9.51. The molecule has 0 radical (unpaired) electrons. The lowest BCUT2D eigenvalue weighted by Crippen LogP contribution is -2.18. The first-order chi connectivity index (χ1) is 13.5. The summed E-state index contributed by atoms with van der Waals surface area (Å²) in [7, 11) is 0. The second-order valence-electron chi connectivity index (χ2n) is 7.12. The molecule has 6 heteroatoms. The summed E-state index contributed by atoms with van der Waals surface area (Å²) in [5, 5.41) is 2.85. The Labute approximate surface area is 163 Å². The topological polar surface area (TPSA) is 50.2 Å². The summed E-state index contributed by atoms with van der Waals surface area (Å²) in [5.74, 6) is -0.0730. The molecule has 3 aromatic rings. The fourth-order valence-corrected chi connectivity index (χ4v) is 3.80. The highest BCUT2D eigenvalue weighted by Crippen LogP contribution is 2.24. The van der Waals surface area contributed by atoms with Gasteiger partial charge in [-0.25, -0.2) is 9.37 Å². The van der Waals surface area contributed by atoms with E-state index in [1.807, 2.05) is 26.0 Å². The summed E-state index contributed by atoms with van der Waals surface area (Å²) >= 11 is 0. The fraction of sp³-hybridized carbons (Fsp3) is 0.273. The first kappa shape index (κ1) is 18.2. The van der Waals surface area contributed by atoms with Gasteiger partial charge in [-0.3, -0.25) is 4.79 Å². The number of carbonyl (C=O) groups excluding carboxylic acids is 1. The molecule has 0 atom stereocenters. The Morgan fingerprint density at radius 3 is 2.54 bits per heavy atom. The van der Waals surface area contributed by atoms with Crippen molar-refractivity contribution >= 4 is 17.4 Å². The number of rotatable bonds is 4. The molecule has 28 heavy (non-hydrogen) atoms. The van der Waals surface area contributed by atoms with E-state index in [4.69, 9.17) is 0 Å². The van der Waals surface area contributed by atoms with Crippen LogP contribution in [0.3, 0.4) is 0 Å². The van der Waals surface area contributed by atoms with Gasteiger partial charge in [0, 0.05) is 24.5 Å². The maximum Gasteiger partial charge on any atom is 0.258 e. The lowest BCUT2D eigenvalue weighted by atomic mass is 10.2. The number of para-hydroxylation sites is 1. The van der Waals surface area contributed by atoms with Crippen LogP contribution in [0.25, 0.3) is 5.69 Å². The molecule has 1 aromatic carbocycles. The molecule has 1 N–H and O–H groups in total. The number of halogens is 1. The van der Waals surface area contributed by atoms with Crippen LogP contribution in [0.4, 0.5) is 15.9 Å². The van der Waals surface area contributed by atoms with E-state index < -0.39 is 0 Å². The molecule has 1 amide bonds. The molecule has 3 heterocycles. The number of anilines is 2. The fourth-order valence-electron chi connectivity index (χ4n) is 3.80. The van der Waals surface area contributed by atoms with Gasteiger partial charge >= 0.3 is 0 Å². The molecule has 1 fully saturated rings. The van der Waals surface area contributed by atoms with E-state index in [1.54, 1.807) is 35.0 Å². The maximum absolute atomic E-state index is 14.2. The smallest absolute Gasteiger partial charge is 0.258 e. The average Bonchev–Trinajstić information content (AvgIpc) is 3.32. The van der Waals surface area contributed by atoms with Crippen molar-refractivity contribution < 1.29 is 9.18 Å². The van der Waals surface area contributed by atoms with Gasteiger partial charge in [0.05, 0.1) is 23.1 Å². The Morgan fingerprint density at radius 2 is 1.86 bits per heavy atom. The number of pyridine rings is 1. The van der Waals surface area contributed by atoms with Crippen molar-refractivity contribution in [2.75, 3.05) is 23.3 Å². The monoisotopic (exact) mass is 378 g/mol. The third-order valence-corrected chi connectivity index (χ3v) is 5.23. The number of carbonyl (C=O) groups is 1. The zero-order valence-electron chi connectivity index (χ0n) is 16.1. The Kier molecular flexibility index (Phi) is 4.86. The van der Waals surface area contributed by atoms with Crippen LogP contribution >= 0.6 is 0 Å². The zero-order valence-corrected chi connectivity index (χ0v) is 16.1. The van der Waals surface area contributed by atoms with Gasteiger partial charge in [-0.15, -0.1) is 0 Å². The van der Waals surface area contributed by atoms with Gasteiger partial charge in [0.1, 0.15) is 11.6 Å². The highest BCUT2D eigenvalue weighted by molar-refractivity contribution is 6.05. The first-order valence-electron chi connectivity index (χ1n) is 9.51. The molecule has 1 saturated heterocycles. The lowest BCUT2D eigenvalue weighted by Gasteiger charge is -2.17. The third kappa shape index (κ3) is 3.38. The molecule has 0 spiro atoms. The molecule has 0 saturated carbocycles. The highest BCUT2D eigenvalue weighted by atomic mass is 19.1. The number of aromatic nitrogens is 2. The molecule has 1 aliphatic heterocycles. The Morgan fingerprint density at radius 1 is 1.11 bits per heavy atom. The van der Waals surface area contributed by atoms with Crippen LogP contribution in [-0.2, 0) is 0 Å². The van der Waals surface area contributed by atoms with Gasteiger partial charge in [0.15, 0.2) is 0 Å². The quantitative estimate of drug-likeness (QED) is 0.728. The number of nitrogens with zero attached hydrogens (tertiary/aromatic N) is 3. The Hall–Kier alpha value is -3.15. The lowest BCUT2D eigenvalue weighted by molar-refractivity contribution is 0.102. The third-order valence-electron chi connectivity index (χ3n) is 5.23. The van der Waals surface area contributed by atoms with Crippen LogP contribution in [-0.4, -0.2) is 28.5 Å². The van der Waals surface area contributed by atoms with Crippen LogP contribution in [0, 0.1) is 19.7 Å². The van der Waals surface area contributed by atoms with Gasteiger partial charge in [0.2, 0.25) is 0 Å². The van der Waals surface area contributed by atoms with Crippen molar-refractivity contribution in [3.63, 3.8) is 0 Å². The van der Waals surface area contributed by atoms with Crippen LogP contribution < -0.4 is 10.2 Å². The van der Waals surface area contributed by atoms with E-state index >= 15 is 0 Å². The molecule has 5 nitrogen and oxygen atoms in total. The summed E-state index contributed by atoms with van der Waals surface area (Å²) in [6.45, 7) is 5.78. The van der Waals surface area contributed by atoms with Gasteiger partial charge < -0.3 is 14.8 Å². The van der Waals surface area contributed by atoms with Crippen molar-refractivity contribution in [3.05, 3.63) is 71.4 Å². The van der Waals surface area contributed by atoms with Crippen molar-refractivity contribution in [1.29, 1.82) is 0 Å². The number of hydrogen-bond acceptors (Lipinski definition) is 3. The number of hydrogen-bond donors (Lipinski definition) is 1. The molecule has 1 aliphatic rings. The molecule has 4 rings (SSSR count). The average molecular weight is 378 g/mol. The van der Waals surface area contributed by atoms with E-state index in [2.05, 4.69) is 15.2 Å². The predicted octanol–water partition coefficient (Wildman–Crippen LogP) is 4.48. The summed E-state index contributed by atoms with van der Waals surface area (Å²) in [5.41, 5.74) is 3.50. The van der Waals surface area contributed by atoms with Crippen molar-refractivity contribution in [3.8, 4) is 5.69 Å². The zero-order chi connectivity index (χ0) is 19.7. The van der Waals surface area contributed by atoms with Gasteiger partial charge in [-0.05, 0) is 57.0 Å². The molecule has 0 aliphatic carbocycles. The Balaban J connectivity index is 1.56. The summed E-state index contributed by atoms with van der Waals surface area (Å²) in [4.78, 5) is 19.5. The number of nitrogens with one attached hydrogen (secondary N) is 1. The minimum Gasteiger partial charge on any atom is -0.370 e. The van der Waals surface area contributed by atoms with Gasteiger partial charge in [0.25, 0.3) is 5.91 Å². The second kappa shape index (κ2) is 7.46. The summed E-state index contributed by atoms with van der Waals surface area (Å²) in [6, 6.07) is 12.1. The Bertz CT molecular complexity index is 1000. The van der Waals surface area contributed by atoms with E-state index in [0.717, 1.165) is 24.5 Å². The van der Waals surface area contributed by atoms with E-state index in [1.165, 1.54) is 18.9 Å². The molecular weight excluding hydrogens is 355 g/mol. The molecule has 0 bridgehead atoms. The number of aryl methyl sites for hydroxylation is 1. The SMILES string of the molecule is Cc1cc(C(=O)Nc2ccc(N3CCCC3)cn2)c(C)n1-c1ccccc1F. The molecule has 0 unspecified atom stereocenters.